The normalized spacial score (nSPS) is 30.1. The number of carbonyl (C=O) groups excluding carboxylic acids is 2. The number of hydrogen-bond donors (Lipinski definition) is 3. The predicted molar refractivity (Wildman–Crippen MR) is 163 cm³/mol. The highest BCUT2D eigenvalue weighted by atomic mass is 16.6. The molecule has 0 spiro atoms. The molecule has 2 amide bonds. The largest absolute Gasteiger partial charge is 0.506 e. The topological polar surface area (TPSA) is 162 Å². The number of allylic oxidation sites excluding steroid dienone is 2. The van der Waals surface area contributed by atoms with Crippen molar-refractivity contribution in [2.75, 3.05) is 27.4 Å². The zero-order chi connectivity index (χ0) is 32.4. The van der Waals surface area contributed by atoms with Gasteiger partial charge in [0.05, 0.1) is 18.8 Å². The molecule has 6 atom stereocenters. The van der Waals surface area contributed by atoms with Crippen molar-refractivity contribution in [3.63, 3.8) is 0 Å². The number of phenols is 2. The van der Waals surface area contributed by atoms with Crippen LogP contribution in [0.15, 0.2) is 51.5 Å². The average molecular weight is 610 g/mol. The van der Waals surface area contributed by atoms with Gasteiger partial charge in [0, 0.05) is 43.8 Å². The zero-order valence-corrected chi connectivity index (χ0v) is 26.2. The number of ether oxygens (including phenoxy) is 4. The molecule has 1 aromatic carbocycles. The van der Waals surface area contributed by atoms with Crippen LogP contribution in [0.3, 0.4) is 0 Å². The Labute approximate surface area is 258 Å². The summed E-state index contributed by atoms with van der Waals surface area (Å²) in [7, 11) is 3.08. The molecule has 0 aliphatic carbocycles. The van der Waals surface area contributed by atoms with Crippen molar-refractivity contribution < 1.29 is 38.7 Å². The van der Waals surface area contributed by atoms with Crippen LogP contribution < -0.4 is 16.4 Å². The van der Waals surface area contributed by atoms with Gasteiger partial charge in [0.25, 0.3) is 5.91 Å². The van der Waals surface area contributed by atoms with Gasteiger partial charge in [-0.25, -0.2) is 9.79 Å². The second kappa shape index (κ2) is 16.2. The van der Waals surface area contributed by atoms with Gasteiger partial charge in [-0.15, -0.1) is 0 Å². The van der Waals surface area contributed by atoms with Crippen LogP contribution in [0.25, 0.3) is 0 Å². The standard InChI is InChI=1S/C33H43N3O8/c1-19-15-23-28-25(37)18-24(29(23)38)36-32(39)20(2)11-10-12-26(41-5)31(44-33(34)40)22(4)17-21(3)30(27(16-19)42-6)43-14-9-7-8-13-35-28/h10-12,17-19,21,26-27,30-31,37-38H,8,13-16H2,1-6H3,(H2,34,40)/b12-10-,20-11+,22-17+,35-28?,36-24?/t19-,21+,26+,27+,30-,31+/m1/s1. The third-order valence-corrected chi connectivity index (χ3v) is 7.68. The average Bonchev–Trinajstić information content (AvgIpc) is 2.97. The maximum atomic E-state index is 13.0. The number of carbonyl (C=O) groups is 2. The van der Waals surface area contributed by atoms with Gasteiger partial charge in [0.15, 0.2) is 6.10 Å². The molecule has 11 heteroatoms. The first kappa shape index (κ1) is 34.5. The Morgan fingerprint density at radius 2 is 1.91 bits per heavy atom. The van der Waals surface area contributed by atoms with E-state index >= 15 is 0 Å². The van der Waals surface area contributed by atoms with Crippen LogP contribution in [0, 0.1) is 23.7 Å². The van der Waals surface area contributed by atoms with Crippen LogP contribution in [-0.4, -0.2) is 74.0 Å². The smallest absolute Gasteiger partial charge is 0.405 e. The zero-order valence-electron chi connectivity index (χ0n) is 26.2. The molecule has 1 aromatic rings. The quantitative estimate of drug-likeness (QED) is 0.268. The third-order valence-electron chi connectivity index (χ3n) is 7.68. The highest BCUT2D eigenvalue weighted by Gasteiger charge is 2.31. The molecular weight excluding hydrogens is 566 g/mol. The molecule has 0 saturated carbocycles. The molecule has 11 nitrogen and oxygen atoms in total. The van der Waals surface area contributed by atoms with Crippen molar-refractivity contribution in [2.24, 2.45) is 27.6 Å². The highest BCUT2D eigenvalue weighted by molar-refractivity contribution is 5.94. The second-order valence-corrected chi connectivity index (χ2v) is 11.1. The van der Waals surface area contributed by atoms with Gasteiger partial charge in [0.2, 0.25) is 0 Å². The van der Waals surface area contributed by atoms with Gasteiger partial charge in [0.1, 0.15) is 34.9 Å². The summed E-state index contributed by atoms with van der Waals surface area (Å²) in [6.45, 7) is 7.81. The van der Waals surface area contributed by atoms with E-state index in [1.165, 1.54) is 19.3 Å². The summed E-state index contributed by atoms with van der Waals surface area (Å²) in [5.41, 5.74) is 6.75. The Morgan fingerprint density at radius 1 is 1.16 bits per heavy atom. The van der Waals surface area contributed by atoms with Gasteiger partial charge >= 0.3 is 6.09 Å². The monoisotopic (exact) mass is 609 g/mol. The lowest BCUT2D eigenvalue weighted by Crippen LogP contribution is -2.39. The molecule has 2 heterocycles. The molecule has 0 radical (unpaired) electrons. The molecule has 3 rings (SSSR count). The number of nitrogens with zero attached hydrogens (tertiary/aromatic N) is 2. The maximum Gasteiger partial charge on any atom is 0.405 e. The molecule has 0 aromatic heterocycles. The second-order valence-electron chi connectivity index (χ2n) is 11.1. The van der Waals surface area contributed by atoms with Crippen molar-refractivity contribution in [1.82, 2.24) is 0 Å². The minimum absolute atomic E-state index is 0.0631. The Bertz CT molecular complexity index is 1490. The lowest BCUT2D eigenvalue weighted by molar-refractivity contribution is -0.114. The van der Waals surface area contributed by atoms with Crippen molar-refractivity contribution in [2.45, 2.75) is 71.4 Å². The van der Waals surface area contributed by atoms with Crippen LogP contribution in [0.4, 0.5) is 4.79 Å². The van der Waals surface area contributed by atoms with Crippen LogP contribution in [-0.2, 0) is 30.2 Å². The van der Waals surface area contributed by atoms with E-state index in [0.29, 0.717) is 30.4 Å². The fourth-order valence-electron chi connectivity index (χ4n) is 5.46. The number of hydrogen-bond acceptors (Lipinski definition) is 9. The Balaban J connectivity index is 2.31. The van der Waals surface area contributed by atoms with Gasteiger partial charge < -0.3 is 34.9 Å². The van der Waals surface area contributed by atoms with Crippen LogP contribution in [0.1, 0.15) is 46.1 Å². The van der Waals surface area contributed by atoms with Crippen molar-refractivity contribution in [1.29, 1.82) is 0 Å². The number of nitrogens with two attached hydrogens (primary N) is 1. The molecule has 0 fully saturated rings. The molecule has 44 heavy (non-hydrogen) atoms. The molecule has 238 valence electrons. The summed E-state index contributed by atoms with van der Waals surface area (Å²) in [5.74, 6) is 4.72. The van der Waals surface area contributed by atoms with E-state index in [4.69, 9.17) is 24.7 Å². The number of phenolic OH excluding ortho intramolecular Hbond substituents is 2. The van der Waals surface area contributed by atoms with Crippen molar-refractivity contribution >= 4 is 12.0 Å². The van der Waals surface area contributed by atoms with Gasteiger partial charge in [-0.05, 0) is 38.2 Å². The van der Waals surface area contributed by atoms with Crippen molar-refractivity contribution in [3.05, 3.63) is 57.8 Å². The fraction of sp³-hybridized carbons (Fsp3) is 0.515. The van der Waals surface area contributed by atoms with E-state index in [2.05, 4.69) is 21.8 Å². The minimum atomic E-state index is -0.964. The Morgan fingerprint density at radius 3 is 2.59 bits per heavy atom. The SMILES string of the molecule is CO[C@H]1/C=C\C=C(/C)C(=O)N=c2cc(O)c3c(c2O)C[C@@H](C)C[C@H](OC)[C@H](OCC#CCCN=3)[C@@H](C)/C=C(\C)[C@@H]1OC(N)=O. The summed E-state index contributed by atoms with van der Waals surface area (Å²) >= 11 is 0. The lowest BCUT2D eigenvalue weighted by atomic mass is 9.87. The maximum absolute atomic E-state index is 13.0. The van der Waals surface area contributed by atoms with E-state index in [1.807, 2.05) is 26.8 Å². The van der Waals surface area contributed by atoms with Crippen LogP contribution >= 0.6 is 0 Å². The summed E-state index contributed by atoms with van der Waals surface area (Å²) in [6.07, 6.45) is 4.50. The molecule has 2 aliphatic heterocycles. The van der Waals surface area contributed by atoms with E-state index in [9.17, 15) is 19.8 Å². The first-order valence-electron chi connectivity index (χ1n) is 14.6. The molecule has 0 saturated heterocycles. The van der Waals surface area contributed by atoms with Gasteiger partial charge in [-0.2, -0.15) is 0 Å². The number of rotatable bonds is 3. The van der Waals surface area contributed by atoms with Crippen LogP contribution in [0.5, 0.6) is 11.5 Å². The molecule has 0 unspecified atom stereocenters. The predicted octanol–water partition coefficient (Wildman–Crippen LogP) is 2.82. The fourth-order valence-corrected chi connectivity index (χ4v) is 5.46. The Kier molecular flexibility index (Phi) is 12.7. The van der Waals surface area contributed by atoms with E-state index in [-0.39, 0.29) is 52.8 Å². The molecular formula is C33H43N3O8. The number of amides is 2. The number of fused-ring (bicyclic) bond motifs is 5. The summed E-state index contributed by atoms with van der Waals surface area (Å²) in [5, 5.41) is 22.5. The highest BCUT2D eigenvalue weighted by Crippen LogP contribution is 2.27. The first-order chi connectivity index (χ1) is 21.0. The lowest BCUT2D eigenvalue weighted by Gasteiger charge is -2.32. The van der Waals surface area contributed by atoms with Gasteiger partial charge in [-0.3, -0.25) is 9.79 Å². The number of primary amides is 1. The summed E-state index contributed by atoms with van der Waals surface area (Å²) in [4.78, 5) is 33.6. The molecule has 4 N–H and O–H groups in total. The van der Waals surface area contributed by atoms with E-state index in [1.54, 1.807) is 26.2 Å². The van der Waals surface area contributed by atoms with Crippen LogP contribution in [0.2, 0.25) is 0 Å². The van der Waals surface area contributed by atoms with Crippen molar-refractivity contribution in [3.8, 4) is 23.3 Å². The minimum Gasteiger partial charge on any atom is -0.506 e. The van der Waals surface area contributed by atoms with E-state index < -0.39 is 36.4 Å². The summed E-state index contributed by atoms with van der Waals surface area (Å²) < 4.78 is 23.4. The molecule has 3 bridgehead atoms. The first-order valence-corrected chi connectivity index (χ1v) is 14.6. The van der Waals surface area contributed by atoms with E-state index in [0.717, 1.165) is 0 Å². The number of methoxy groups -OCH3 is 2. The number of aromatic hydroxyl groups is 2. The molecule has 2 aliphatic rings. The third kappa shape index (κ3) is 9.02. The Hall–Kier alpha value is -3.98. The summed E-state index contributed by atoms with van der Waals surface area (Å²) in [6, 6.07) is 1.24. The number of benzene rings is 1. The van der Waals surface area contributed by atoms with Gasteiger partial charge in [-0.1, -0.05) is 50.0 Å².